The molecular weight excluding hydrogens is 226 g/mol. The molecule has 0 aliphatic heterocycles. The van der Waals surface area contributed by atoms with Gasteiger partial charge in [0.1, 0.15) is 11.5 Å². The minimum atomic E-state index is 0.325. The fourth-order valence-corrected chi connectivity index (χ4v) is 2.32. The summed E-state index contributed by atoms with van der Waals surface area (Å²) < 4.78 is 7.63. The number of oxazole rings is 1. The second-order valence-electron chi connectivity index (χ2n) is 4.39. The normalized spacial score (nSPS) is 11.3. The van der Waals surface area contributed by atoms with Crippen LogP contribution in [0.3, 0.4) is 0 Å². The zero-order chi connectivity index (χ0) is 12.7. The number of aromatic nitrogens is 2. The van der Waals surface area contributed by atoms with E-state index in [-0.39, 0.29) is 0 Å². The highest BCUT2D eigenvalue weighted by molar-refractivity contribution is 5.95. The molecular formula is C14H15N3O. The molecule has 2 N–H and O–H groups in total. The Morgan fingerprint density at radius 3 is 2.83 bits per heavy atom. The van der Waals surface area contributed by atoms with Gasteiger partial charge in [0.05, 0.1) is 6.54 Å². The summed E-state index contributed by atoms with van der Waals surface area (Å²) in [7, 11) is 2.03. The summed E-state index contributed by atoms with van der Waals surface area (Å²) in [4.78, 5) is 4.46. The summed E-state index contributed by atoms with van der Waals surface area (Å²) in [6, 6.07) is 8.26. The van der Waals surface area contributed by atoms with Crippen LogP contribution in [-0.2, 0) is 13.6 Å². The second kappa shape index (κ2) is 3.99. The van der Waals surface area contributed by atoms with Crippen LogP contribution in [0.25, 0.3) is 22.2 Å². The molecule has 3 rings (SSSR count). The van der Waals surface area contributed by atoms with Gasteiger partial charge in [0.2, 0.25) is 5.89 Å². The molecule has 2 aromatic heterocycles. The van der Waals surface area contributed by atoms with E-state index in [4.69, 9.17) is 10.2 Å². The Morgan fingerprint density at radius 2 is 2.11 bits per heavy atom. The summed E-state index contributed by atoms with van der Waals surface area (Å²) in [5, 5.41) is 1.18. The van der Waals surface area contributed by atoms with Crippen LogP contribution in [0.5, 0.6) is 0 Å². The van der Waals surface area contributed by atoms with Gasteiger partial charge in [-0.25, -0.2) is 4.98 Å². The van der Waals surface area contributed by atoms with Crippen molar-refractivity contribution in [1.29, 1.82) is 0 Å². The van der Waals surface area contributed by atoms with Gasteiger partial charge >= 0.3 is 0 Å². The molecule has 0 saturated carbocycles. The van der Waals surface area contributed by atoms with Crippen LogP contribution in [0, 0.1) is 6.92 Å². The van der Waals surface area contributed by atoms with E-state index in [1.165, 1.54) is 10.9 Å². The minimum absolute atomic E-state index is 0.325. The van der Waals surface area contributed by atoms with Crippen LogP contribution in [0.1, 0.15) is 11.7 Å². The van der Waals surface area contributed by atoms with Crippen LogP contribution in [0.4, 0.5) is 0 Å². The lowest BCUT2D eigenvalue weighted by Crippen LogP contribution is -1.95. The van der Waals surface area contributed by atoms with Crippen molar-refractivity contribution in [3.8, 4) is 11.3 Å². The number of para-hydroxylation sites is 1. The topological polar surface area (TPSA) is 57.0 Å². The highest BCUT2D eigenvalue weighted by atomic mass is 16.4. The number of hydrogen-bond donors (Lipinski definition) is 1. The number of aryl methyl sites for hydroxylation is 2. The third-order valence-corrected chi connectivity index (χ3v) is 3.17. The monoisotopic (exact) mass is 241 g/mol. The molecule has 0 atom stereocenters. The van der Waals surface area contributed by atoms with E-state index >= 15 is 0 Å². The van der Waals surface area contributed by atoms with E-state index in [0.717, 1.165) is 17.0 Å². The van der Waals surface area contributed by atoms with Gasteiger partial charge < -0.3 is 14.7 Å². The van der Waals surface area contributed by atoms with Gasteiger partial charge in [-0.05, 0) is 13.0 Å². The first kappa shape index (κ1) is 11.0. The maximum absolute atomic E-state index is 5.57. The van der Waals surface area contributed by atoms with E-state index in [1.54, 1.807) is 0 Å². The fourth-order valence-electron chi connectivity index (χ4n) is 2.32. The van der Waals surface area contributed by atoms with Crippen LogP contribution < -0.4 is 5.73 Å². The Bertz CT molecular complexity index is 709. The average molecular weight is 241 g/mol. The lowest BCUT2D eigenvalue weighted by Gasteiger charge is -1.94. The number of nitrogens with zero attached hydrogens (tertiary/aromatic N) is 2. The predicted octanol–water partition coefficient (Wildman–Crippen LogP) is 2.60. The molecule has 2 heterocycles. The maximum atomic E-state index is 5.57. The summed E-state index contributed by atoms with van der Waals surface area (Å²) in [5.74, 6) is 1.39. The highest BCUT2D eigenvalue weighted by Gasteiger charge is 2.15. The second-order valence-corrected chi connectivity index (χ2v) is 4.39. The molecule has 0 fully saturated rings. The molecule has 3 aromatic rings. The number of hydrogen-bond acceptors (Lipinski definition) is 3. The largest absolute Gasteiger partial charge is 0.444 e. The van der Waals surface area contributed by atoms with Crippen LogP contribution in [0.15, 0.2) is 34.9 Å². The van der Waals surface area contributed by atoms with E-state index in [1.807, 2.05) is 26.1 Å². The van der Waals surface area contributed by atoms with Crippen molar-refractivity contribution in [2.24, 2.45) is 12.8 Å². The van der Waals surface area contributed by atoms with Gasteiger partial charge in [0.15, 0.2) is 0 Å². The van der Waals surface area contributed by atoms with Crippen molar-refractivity contribution in [3.05, 3.63) is 42.1 Å². The molecule has 0 bridgehead atoms. The molecule has 4 heteroatoms. The van der Waals surface area contributed by atoms with Crippen molar-refractivity contribution in [2.45, 2.75) is 13.5 Å². The van der Waals surface area contributed by atoms with Crippen molar-refractivity contribution < 1.29 is 4.42 Å². The van der Waals surface area contributed by atoms with Gasteiger partial charge in [0, 0.05) is 29.7 Å². The first-order chi connectivity index (χ1) is 8.70. The molecule has 0 aliphatic rings. The zero-order valence-electron chi connectivity index (χ0n) is 10.5. The van der Waals surface area contributed by atoms with Crippen molar-refractivity contribution in [1.82, 2.24) is 9.55 Å². The molecule has 0 unspecified atom stereocenters. The Balaban J connectivity index is 2.28. The zero-order valence-corrected chi connectivity index (χ0v) is 10.5. The minimum Gasteiger partial charge on any atom is -0.444 e. The van der Waals surface area contributed by atoms with Crippen LogP contribution in [-0.4, -0.2) is 9.55 Å². The standard InChI is InChI=1S/C14H15N3O/c1-9-14(16-13(7-15)18-9)11-8-17(2)12-6-4-3-5-10(11)12/h3-6,8H,7,15H2,1-2H3. The smallest absolute Gasteiger partial charge is 0.208 e. The van der Waals surface area contributed by atoms with Crippen LogP contribution >= 0.6 is 0 Å². The van der Waals surface area contributed by atoms with E-state index in [2.05, 4.69) is 27.9 Å². The summed E-state index contributed by atoms with van der Waals surface area (Å²) in [6.07, 6.45) is 2.08. The van der Waals surface area contributed by atoms with E-state index in [0.29, 0.717) is 12.4 Å². The molecule has 0 radical (unpaired) electrons. The summed E-state index contributed by atoms with van der Waals surface area (Å²) >= 11 is 0. The van der Waals surface area contributed by atoms with Crippen molar-refractivity contribution in [3.63, 3.8) is 0 Å². The van der Waals surface area contributed by atoms with Gasteiger partial charge in [-0.2, -0.15) is 0 Å². The quantitative estimate of drug-likeness (QED) is 0.750. The Labute approximate surface area is 105 Å². The van der Waals surface area contributed by atoms with Gasteiger partial charge in [-0.1, -0.05) is 18.2 Å². The first-order valence-corrected chi connectivity index (χ1v) is 5.91. The molecule has 1 aromatic carbocycles. The van der Waals surface area contributed by atoms with Crippen molar-refractivity contribution in [2.75, 3.05) is 0 Å². The maximum Gasteiger partial charge on any atom is 0.208 e. The number of rotatable bonds is 2. The van der Waals surface area contributed by atoms with Crippen molar-refractivity contribution >= 4 is 10.9 Å². The summed E-state index contributed by atoms with van der Waals surface area (Å²) in [5.41, 5.74) is 8.72. The predicted molar refractivity (Wildman–Crippen MR) is 71.0 cm³/mol. The third-order valence-electron chi connectivity index (χ3n) is 3.17. The Hall–Kier alpha value is -2.07. The number of nitrogens with two attached hydrogens (primary N) is 1. The van der Waals surface area contributed by atoms with Gasteiger partial charge in [-0.15, -0.1) is 0 Å². The lowest BCUT2D eigenvalue weighted by molar-refractivity contribution is 0.474. The van der Waals surface area contributed by atoms with E-state index < -0.39 is 0 Å². The molecule has 0 aliphatic carbocycles. The first-order valence-electron chi connectivity index (χ1n) is 5.91. The molecule has 92 valence electrons. The highest BCUT2D eigenvalue weighted by Crippen LogP contribution is 2.31. The Kier molecular flexibility index (Phi) is 2.45. The van der Waals surface area contributed by atoms with Gasteiger partial charge in [-0.3, -0.25) is 0 Å². The Morgan fingerprint density at radius 1 is 1.33 bits per heavy atom. The number of fused-ring (bicyclic) bond motifs is 1. The molecule has 0 amide bonds. The lowest BCUT2D eigenvalue weighted by atomic mass is 10.1. The SMILES string of the molecule is Cc1oc(CN)nc1-c1cn(C)c2ccccc12. The molecule has 0 saturated heterocycles. The summed E-state index contributed by atoms with van der Waals surface area (Å²) in [6.45, 7) is 2.24. The average Bonchev–Trinajstić information content (AvgIpc) is 2.91. The van der Waals surface area contributed by atoms with Gasteiger partial charge in [0.25, 0.3) is 0 Å². The fraction of sp³-hybridized carbons (Fsp3) is 0.214. The molecule has 18 heavy (non-hydrogen) atoms. The van der Waals surface area contributed by atoms with Crippen LogP contribution in [0.2, 0.25) is 0 Å². The molecule has 0 spiro atoms. The number of benzene rings is 1. The third kappa shape index (κ3) is 1.54. The van der Waals surface area contributed by atoms with E-state index in [9.17, 15) is 0 Å². The molecule has 4 nitrogen and oxygen atoms in total.